The van der Waals surface area contributed by atoms with Gasteiger partial charge in [0, 0.05) is 18.1 Å². The van der Waals surface area contributed by atoms with Gasteiger partial charge in [-0.2, -0.15) is 0 Å². The number of ether oxygens (including phenoxy) is 1. The van der Waals surface area contributed by atoms with Crippen LogP contribution in [0.15, 0.2) is 24.3 Å². The van der Waals surface area contributed by atoms with Crippen molar-refractivity contribution in [2.75, 3.05) is 21.2 Å². The third kappa shape index (κ3) is 3.53. The number of methoxy groups -OCH3 is 1. The molecule has 3 unspecified atom stereocenters. The van der Waals surface area contributed by atoms with Crippen molar-refractivity contribution >= 4 is 0 Å². The molecule has 112 valence electrons. The van der Waals surface area contributed by atoms with Crippen LogP contribution in [0.5, 0.6) is 5.75 Å². The number of para-hydroxylation sites is 1. The van der Waals surface area contributed by atoms with E-state index in [9.17, 15) is 0 Å². The van der Waals surface area contributed by atoms with Gasteiger partial charge in [0.1, 0.15) is 5.75 Å². The van der Waals surface area contributed by atoms with Crippen LogP contribution in [0, 0.1) is 0 Å². The molecule has 3 nitrogen and oxygen atoms in total. The second-order valence-electron chi connectivity index (χ2n) is 5.98. The monoisotopic (exact) mass is 276 g/mol. The minimum Gasteiger partial charge on any atom is -0.496 e. The van der Waals surface area contributed by atoms with E-state index >= 15 is 0 Å². The van der Waals surface area contributed by atoms with Gasteiger partial charge in [0.2, 0.25) is 0 Å². The van der Waals surface area contributed by atoms with E-state index < -0.39 is 0 Å². The van der Waals surface area contributed by atoms with Crippen molar-refractivity contribution in [2.24, 2.45) is 0 Å². The lowest BCUT2D eigenvalue weighted by Crippen LogP contribution is -2.39. The van der Waals surface area contributed by atoms with E-state index in [0.717, 1.165) is 12.2 Å². The SMILES string of the molecule is CNC1CCC(N(C)C(C)Cc2ccccc2OC)C1. The summed E-state index contributed by atoms with van der Waals surface area (Å²) in [5, 5.41) is 3.41. The highest BCUT2D eigenvalue weighted by Gasteiger charge is 2.28. The first-order valence-corrected chi connectivity index (χ1v) is 7.66. The number of benzene rings is 1. The Labute approximate surface area is 123 Å². The van der Waals surface area contributed by atoms with Crippen molar-refractivity contribution in [3.8, 4) is 5.75 Å². The van der Waals surface area contributed by atoms with Crippen LogP contribution in [-0.2, 0) is 6.42 Å². The molecule has 1 aromatic carbocycles. The van der Waals surface area contributed by atoms with Crippen molar-refractivity contribution in [3.05, 3.63) is 29.8 Å². The molecule has 1 saturated carbocycles. The first kappa shape index (κ1) is 15.3. The molecular formula is C17H28N2O. The molecule has 0 spiro atoms. The molecule has 3 atom stereocenters. The lowest BCUT2D eigenvalue weighted by molar-refractivity contribution is 0.182. The summed E-state index contributed by atoms with van der Waals surface area (Å²) >= 11 is 0. The van der Waals surface area contributed by atoms with Gasteiger partial charge in [-0.25, -0.2) is 0 Å². The fraction of sp³-hybridized carbons (Fsp3) is 0.647. The Balaban J connectivity index is 1.95. The number of hydrogen-bond acceptors (Lipinski definition) is 3. The maximum absolute atomic E-state index is 5.46. The number of nitrogens with one attached hydrogen (secondary N) is 1. The van der Waals surface area contributed by atoms with Crippen LogP contribution in [0.4, 0.5) is 0 Å². The van der Waals surface area contributed by atoms with Crippen LogP contribution in [-0.4, -0.2) is 44.2 Å². The molecule has 0 amide bonds. The molecule has 1 aromatic rings. The maximum atomic E-state index is 5.46. The Morgan fingerprint density at radius 2 is 2.10 bits per heavy atom. The Bertz CT molecular complexity index is 421. The molecular weight excluding hydrogens is 248 g/mol. The van der Waals surface area contributed by atoms with E-state index in [2.05, 4.69) is 49.4 Å². The van der Waals surface area contributed by atoms with E-state index in [-0.39, 0.29) is 0 Å². The average Bonchev–Trinajstić information content (AvgIpc) is 2.95. The summed E-state index contributed by atoms with van der Waals surface area (Å²) in [7, 11) is 6.09. The van der Waals surface area contributed by atoms with Crippen LogP contribution in [0.2, 0.25) is 0 Å². The van der Waals surface area contributed by atoms with Gasteiger partial charge in [0.25, 0.3) is 0 Å². The number of hydrogen-bond donors (Lipinski definition) is 1. The zero-order valence-corrected chi connectivity index (χ0v) is 13.2. The van der Waals surface area contributed by atoms with E-state index in [0.29, 0.717) is 18.1 Å². The largest absolute Gasteiger partial charge is 0.496 e. The lowest BCUT2D eigenvalue weighted by Gasteiger charge is -2.31. The molecule has 1 fully saturated rings. The molecule has 1 aliphatic carbocycles. The van der Waals surface area contributed by atoms with E-state index in [1.54, 1.807) is 7.11 Å². The minimum atomic E-state index is 0.534. The van der Waals surface area contributed by atoms with Crippen LogP contribution < -0.4 is 10.1 Å². The topological polar surface area (TPSA) is 24.5 Å². The Morgan fingerprint density at radius 1 is 1.35 bits per heavy atom. The lowest BCUT2D eigenvalue weighted by atomic mass is 10.0. The van der Waals surface area contributed by atoms with E-state index in [4.69, 9.17) is 4.74 Å². The Hall–Kier alpha value is -1.06. The van der Waals surface area contributed by atoms with Gasteiger partial charge in [-0.05, 0) is 58.3 Å². The van der Waals surface area contributed by atoms with Gasteiger partial charge in [0.05, 0.1) is 7.11 Å². The van der Waals surface area contributed by atoms with Gasteiger partial charge in [-0.1, -0.05) is 18.2 Å². The predicted molar refractivity (Wildman–Crippen MR) is 84.4 cm³/mol. The van der Waals surface area contributed by atoms with E-state index in [1.807, 2.05) is 6.07 Å². The first-order valence-electron chi connectivity index (χ1n) is 7.66. The zero-order chi connectivity index (χ0) is 14.5. The fourth-order valence-corrected chi connectivity index (χ4v) is 3.28. The predicted octanol–water partition coefficient (Wildman–Crippen LogP) is 2.70. The third-order valence-corrected chi connectivity index (χ3v) is 4.79. The van der Waals surface area contributed by atoms with Crippen molar-refractivity contribution in [2.45, 2.75) is 50.7 Å². The Morgan fingerprint density at radius 3 is 2.75 bits per heavy atom. The molecule has 0 aromatic heterocycles. The molecule has 0 bridgehead atoms. The molecule has 2 rings (SSSR count). The summed E-state index contributed by atoms with van der Waals surface area (Å²) in [5.41, 5.74) is 1.30. The molecule has 20 heavy (non-hydrogen) atoms. The summed E-state index contributed by atoms with van der Waals surface area (Å²) in [6.45, 7) is 2.32. The molecule has 0 heterocycles. The number of nitrogens with zero attached hydrogens (tertiary/aromatic N) is 1. The number of rotatable bonds is 6. The summed E-state index contributed by atoms with van der Waals surface area (Å²) in [5.74, 6) is 1.01. The molecule has 1 N–H and O–H groups in total. The van der Waals surface area contributed by atoms with E-state index in [1.165, 1.54) is 24.8 Å². The standard InChI is InChI=1S/C17H28N2O/c1-13(11-14-7-5-6-8-17(14)20-4)19(3)16-10-9-15(12-16)18-2/h5-8,13,15-16,18H,9-12H2,1-4H3. The summed E-state index contributed by atoms with van der Waals surface area (Å²) in [4.78, 5) is 2.55. The van der Waals surface area contributed by atoms with Gasteiger partial charge < -0.3 is 15.0 Å². The van der Waals surface area contributed by atoms with Gasteiger partial charge in [-0.3, -0.25) is 0 Å². The highest BCUT2D eigenvalue weighted by molar-refractivity contribution is 5.33. The summed E-state index contributed by atoms with van der Waals surface area (Å²) in [6.07, 6.45) is 4.91. The average molecular weight is 276 g/mol. The second-order valence-corrected chi connectivity index (χ2v) is 5.98. The molecule has 0 saturated heterocycles. The molecule has 0 aliphatic heterocycles. The van der Waals surface area contributed by atoms with Crippen LogP contribution in [0.25, 0.3) is 0 Å². The van der Waals surface area contributed by atoms with Crippen LogP contribution in [0.1, 0.15) is 31.7 Å². The fourth-order valence-electron chi connectivity index (χ4n) is 3.28. The number of likely N-dealkylation sites (N-methyl/N-ethyl adjacent to an activating group) is 1. The van der Waals surface area contributed by atoms with Gasteiger partial charge in [0.15, 0.2) is 0 Å². The van der Waals surface area contributed by atoms with Gasteiger partial charge >= 0.3 is 0 Å². The second kappa shape index (κ2) is 7.09. The summed E-state index contributed by atoms with van der Waals surface area (Å²) in [6, 6.07) is 10.3. The van der Waals surface area contributed by atoms with Crippen LogP contribution >= 0.6 is 0 Å². The molecule has 0 radical (unpaired) electrons. The summed E-state index contributed by atoms with van der Waals surface area (Å²) < 4.78 is 5.46. The van der Waals surface area contributed by atoms with Crippen LogP contribution in [0.3, 0.4) is 0 Å². The molecule has 3 heteroatoms. The van der Waals surface area contributed by atoms with Crippen molar-refractivity contribution in [1.29, 1.82) is 0 Å². The maximum Gasteiger partial charge on any atom is 0.122 e. The minimum absolute atomic E-state index is 0.534. The normalized spacial score (nSPS) is 24.1. The molecule has 1 aliphatic rings. The third-order valence-electron chi connectivity index (χ3n) is 4.79. The zero-order valence-electron chi connectivity index (χ0n) is 13.2. The van der Waals surface area contributed by atoms with Crippen molar-refractivity contribution in [1.82, 2.24) is 10.2 Å². The smallest absolute Gasteiger partial charge is 0.122 e. The highest BCUT2D eigenvalue weighted by atomic mass is 16.5. The first-order chi connectivity index (χ1) is 9.65. The highest BCUT2D eigenvalue weighted by Crippen LogP contribution is 2.26. The quantitative estimate of drug-likeness (QED) is 0.864. The van der Waals surface area contributed by atoms with Crippen molar-refractivity contribution < 1.29 is 4.74 Å². The van der Waals surface area contributed by atoms with Gasteiger partial charge in [-0.15, -0.1) is 0 Å². The van der Waals surface area contributed by atoms with Crippen molar-refractivity contribution in [3.63, 3.8) is 0 Å². The Kier molecular flexibility index (Phi) is 5.44.